The molecule has 1 saturated heterocycles. The van der Waals surface area contributed by atoms with E-state index in [1.807, 2.05) is 36.4 Å². The zero-order chi connectivity index (χ0) is 20.1. The fourth-order valence-corrected chi connectivity index (χ4v) is 3.64. The highest BCUT2D eigenvalue weighted by molar-refractivity contribution is 7.99. The van der Waals surface area contributed by atoms with Crippen LogP contribution in [0.5, 0.6) is 0 Å². The number of para-hydroxylation sites is 2. The Morgan fingerprint density at radius 3 is 2.69 bits per heavy atom. The van der Waals surface area contributed by atoms with Gasteiger partial charge in [0.15, 0.2) is 0 Å². The minimum absolute atomic E-state index is 0.117. The van der Waals surface area contributed by atoms with Crippen LogP contribution in [-0.4, -0.2) is 65.0 Å². The van der Waals surface area contributed by atoms with Crippen molar-refractivity contribution in [3.8, 4) is 11.6 Å². The molecule has 1 aliphatic heterocycles. The maximum Gasteiger partial charge on any atom is 0.277 e. The number of hydrogen-bond acceptors (Lipinski definition) is 8. The Kier molecular flexibility index (Phi) is 6.06. The highest BCUT2D eigenvalue weighted by atomic mass is 32.2. The molecule has 1 aliphatic rings. The molecule has 150 valence electrons. The first-order chi connectivity index (χ1) is 14.2. The van der Waals surface area contributed by atoms with Crippen LogP contribution < -0.4 is 10.2 Å². The molecule has 0 aliphatic carbocycles. The van der Waals surface area contributed by atoms with Crippen LogP contribution in [0.25, 0.3) is 11.6 Å². The van der Waals surface area contributed by atoms with E-state index in [1.165, 1.54) is 11.8 Å². The van der Waals surface area contributed by atoms with E-state index >= 15 is 0 Å². The van der Waals surface area contributed by atoms with Crippen molar-refractivity contribution < 1.29 is 9.21 Å². The first kappa shape index (κ1) is 19.4. The van der Waals surface area contributed by atoms with Gasteiger partial charge in [-0.05, 0) is 31.3 Å². The Balaban J connectivity index is 1.35. The van der Waals surface area contributed by atoms with Crippen molar-refractivity contribution in [3.05, 3.63) is 48.7 Å². The quantitative estimate of drug-likeness (QED) is 0.621. The van der Waals surface area contributed by atoms with Gasteiger partial charge in [0.2, 0.25) is 5.91 Å². The molecule has 1 fully saturated rings. The first-order valence-electron chi connectivity index (χ1n) is 9.39. The maximum absolute atomic E-state index is 12.5. The topological polar surface area (TPSA) is 87.4 Å². The number of nitrogens with zero attached hydrogens (tertiary/aromatic N) is 5. The lowest BCUT2D eigenvalue weighted by Gasteiger charge is -2.35. The van der Waals surface area contributed by atoms with Crippen LogP contribution in [0.3, 0.4) is 0 Å². The summed E-state index contributed by atoms with van der Waals surface area (Å²) in [6.45, 7) is 3.90. The number of nitrogens with one attached hydrogen (secondary N) is 1. The third-order valence-corrected chi connectivity index (χ3v) is 5.46. The lowest BCUT2D eigenvalue weighted by atomic mass is 10.2. The lowest BCUT2D eigenvalue weighted by molar-refractivity contribution is -0.113. The Morgan fingerprint density at radius 1 is 1.10 bits per heavy atom. The number of benzene rings is 1. The van der Waals surface area contributed by atoms with Crippen LogP contribution in [0.15, 0.2) is 58.3 Å². The predicted octanol–water partition coefficient (Wildman–Crippen LogP) is 2.61. The van der Waals surface area contributed by atoms with Crippen molar-refractivity contribution >= 4 is 29.0 Å². The van der Waals surface area contributed by atoms with E-state index < -0.39 is 0 Å². The highest BCUT2D eigenvalue weighted by Gasteiger charge is 2.18. The molecule has 0 bridgehead atoms. The summed E-state index contributed by atoms with van der Waals surface area (Å²) in [5.74, 6) is 0.407. The molecule has 1 amide bonds. The number of carbonyl (C=O) groups is 1. The second-order valence-corrected chi connectivity index (χ2v) is 7.66. The molecule has 1 N–H and O–H groups in total. The molecule has 3 heterocycles. The van der Waals surface area contributed by atoms with Gasteiger partial charge in [0.05, 0.1) is 17.1 Å². The number of hydrogen-bond donors (Lipinski definition) is 1. The molecule has 1 aromatic carbocycles. The number of carbonyl (C=O) groups excluding carboxylic acids is 1. The molecule has 3 aromatic rings. The van der Waals surface area contributed by atoms with E-state index in [-0.39, 0.29) is 11.7 Å². The standard InChI is InChI=1S/C20H22N6O2S/c1-25-10-12-26(13-11-25)17-8-3-2-6-15(17)22-18(27)14-29-20-24-23-19(28-20)16-7-4-5-9-21-16/h2-9H,10-14H2,1H3,(H,22,27). The fraction of sp³-hybridized carbons (Fsp3) is 0.300. The Labute approximate surface area is 173 Å². The van der Waals surface area contributed by atoms with E-state index in [0.717, 1.165) is 37.6 Å². The largest absolute Gasteiger partial charge is 0.410 e. The van der Waals surface area contributed by atoms with Gasteiger partial charge in [0.25, 0.3) is 11.1 Å². The van der Waals surface area contributed by atoms with Gasteiger partial charge in [-0.3, -0.25) is 9.78 Å². The first-order valence-corrected chi connectivity index (χ1v) is 10.4. The van der Waals surface area contributed by atoms with Crippen LogP contribution >= 0.6 is 11.8 Å². The van der Waals surface area contributed by atoms with Crippen molar-refractivity contribution in [2.75, 3.05) is 49.2 Å². The number of aromatic nitrogens is 3. The number of pyridine rings is 1. The summed E-state index contributed by atoms with van der Waals surface area (Å²) in [7, 11) is 2.12. The van der Waals surface area contributed by atoms with Gasteiger partial charge in [-0.1, -0.05) is 30.0 Å². The van der Waals surface area contributed by atoms with Crippen LogP contribution in [-0.2, 0) is 4.79 Å². The van der Waals surface area contributed by atoms with Crippen LogP contribution in [0, 0.1) is 0 Å². The van der Waals surface area contributed by atoms with Gasteiger partial charge >= 0.3 is 0 Å². The van der Waals surface area contributed by atoms with Crippen LogP contribution in [0.2, 0.25) is 0 Å². The number of anilines is 2. The van der Waals surface area contributed by atoms with E-state index in [0.29, 0.717) is 16.8 Å². The monoisotopic (exact) mass is 410 g/mol. The summed E-state index contributed by atoms with van der Waals surface area (Å²) in [5, 5.41) is 11.3. The fourth-order valence-electron chi connectivity index (χ4n) is 3.08. The molecule has 2 aromatic heterocycles. The zero-order valence-corrected chi connectivity index (χ0v) is 16.9. The smallest absolute Gasteiger partial charge is 0.277 e. The van der Waals surface area contributed by atoms with Gasteiger partial charge in [0, 0.05) is 32.4 Å². The Morgan fingerprint density at radius 2 is 1.90 bits per heavy atom. The van der Waals surface area contributed by atoms with Crippen molar-refractivity contribution in [3.63, 3.8) is 0 Å². The molecule has 4 rings (SSSR count). The average molecular weight is 411 g/mol. The third-order valence-electron chi connectivity index (χ3n) is 4.64. The summed E-state index contributed by atoms with van der Waals surface area (Å²) in [6, 6.07) is 13.4. The minimum atomic E-state index is -0.117. The Hall–Kier alpha value is -2.91. The SMILES string of the molecule is CN1CCN(c2ccccc2NC(=O)CSc2nnc(-c3ccccn3)o2)CC1. The summed E-state index contributed by atoms with van der Waals surface area (Å²) in [6.07, 6.45) is 1.66. The summed E-state index contributed by atoms with van der Waals surface area (Å²) >= 11 is 1.20. The summed E-state index contributed by atoms with van der Waals surface area (Å²) in [4.78, 5) is 21.3. The molecule has 8 nitrogen and oxygen atoms in total. The summed E-state index contributed by atoms with van der Waals surface area (Å²) < 4.78 is 5.58. The van der Waals surface area contributed by atoms with E-state index in [2.05, 4.69) is 37.3 Å². The zero-order valence-electron chi connectivity index (χ0n) is 16.1. The van der Waals surface area contributed by atoms with E-state index in [1.54, 1.807) is 12.3 Å². The molecular formula is C20H22N6O2S. The second kappa shape index (κ2) is 9.06. The molecule has 9 heteroatoms. The lowest BCUT2D eigenvalue weighted by Crippen LogP contribution is -2.44. The molecule has 0 saturated carbocycles. The highest BCUT2D eigenvalue weighted by Crippen LogP contribution is 2.27. The van der Waals surface area contributed by atoms with Gasteiger partial charge in [-0.15, -0.1) is 10.2 Å². The van der Waals surface area contributed by atoms with Gasteiger partial charge in [0.1, 0.15) is 5.69 Å². The van der Waals surface area contributed by atoms with Gasteiger partial charge in [-0.25, -0.2) is 0 Å². The maximum atomic E-state index is 12.5. The van der Waals surface area contributed by atoms with Crippen molar-refractivity contribution in [1.29, 1.82) is 0 Å². The van der Waals surface area contributed by atoms with E-state index in [4.69, 9.17) is 4.42 Å². The van der Waals surface area contributed by atoms with Gasteiger partial charge < -0.3 is 19.5 Å². The molecule has 0 spiro atoms. The van der Waals surface area contributed by atoms with Crippen molar-refractivity contribution in [2.45, 2.75) is 5.22 Å². The number of thioether (sulfide) groups is 1. The number of piperazine rings is 1. The number of likely N-dealkylation sites (N-methyl/N-ethyl adjacent to an activating group) is 1. The normalized spacial score (nSPS) is 14.7. The average Bonchev–Trinajstić information content (AvgIpc) is 3.23. The van der Waals surface area contributed by atoms with Gasteiger partial charge in [-0.2, -0.15) is 0 Å². The Bertz CT molecular complexity index is 956. The number of amides is 1. The van der Waals surface area contributed by atoms with Crippen LogP contribution in [0.4, 0.5) is 11.4 Å². The second-order valence-electron chi connectivity index (χ2n) is 6.73. The molecule has 0 radical (unpaired) electrons. The van der Waals surface area contributed by atoms with E-state index in [9.17, 15) is 4.79 Å². The summed E-state index contributed by atoms with van der Waals surface area (Å²) in [5.41, 5.74) is 2.48. The van der Waals surface area contributed by atoms with Crippen molar-refractivity contribution in [1.82, 2.24) is 20.1 Å². The van der Waals surface area contributed by atoms with Crippen LogP contribution in [0.1, 0.15) is 0 Å². The third kappa shape index (κ3) is 4.93. The van der Waals surface area contributed by atoms with Crippen molar-refractivity contribution in [2.24, 2.45) is 0 Å². The predicted molar refractivity (Wildman–Crippen MR) is 113 cm³/mol. The molecule has 29 heavy (non-hydrogen) atoms. The molecular weight excluding hydrogens is 388 g/mol. The number of rotatable bonds is 6. The molecule has 0 unspecified atom stereocenters. The minimum Gasteiger partial charge on any atom is -0.410 e. The molecule has 0 atom stereocenters.